The van der Waals surface area contributed by atoms with E-state index in [1.165, 1.54) is 18.4 Å². The van der Waals surface area contributed by atoms with Gasteiger partial charge in [-0.05, 0) is 44.0 Å². The number of hydrogen-bond donors (Lipinski definition) is 1. The number of rotatable bonds is 8. The van der Waals surface area contributed by atoms with Gasteiger partial charge < -0.3 is 14.8 Å². The Bertz CT molecular complexity index is 352. The number of aryl methyl sites for hydroxylation is 1. The van der Waals surface area contributed by atoms with Gasteiger partial charge in [0.1, 0.15) is 0 Å². The topological polar surface area (TPSA) is 30.5 Å². The largest absolute Gasteiger partial charge is 0.493 e. The molecule has 0 heterocycles. The smallest absolute Gasteiger partial charge is 0.160 e. The van der Waals surface area contributed by atoms with Crippen molar-refractivity contribution < 1.29 is 9.47 Å². The number of nitrogens with one attached hydrogen (secondary N) is 1. The molecule has 1 N–H and O–H groups in total. The van der Waals surface area contributed by atoms with Gasteiger partial charge in [-0.15, -0.1) is 0 Å². The Balaban J connectivity index is 2.61. The molecule has 0 saturated carbocycles. The van der Waals surface area contributed by atoms with Gasteiger partial charge in [0, 0.05) is 6.04 Å². The highest BCUT2D eigenvalue weighted by Crippen LogP contribution is 2.28. The molecule has 0 spiro atoms. The molecule has 3 nitrogen and oxygen atoms in total. The van der Waals surface area contributed by atoms with Gasteiger partial charge >= 0.3 is 0 Å². The van der Waals surface area contributed by atoms with Crippen LogP contribution in [-0.4, -0.2) is 27.3 Å². The summed E-state index contributed by atoms with van der Waals surface area (Å²) in [4.78, 5) is 0. The molecule has 0 radical (unpaired) electrons. The highest BCUT2D eigenvalue weighted by molar-refractivity contribution is 5.42. The molecule has 0 aromatic heterocycles. The summed E-state index contributed by atoms with van der Waals surface area (Å²) in [5.41, 5.74) is 1.30. The van der Waals surface area contributed by atoms with E-state index in [1.54, 1.807) is 14.2 Å². The number of methoxy groups -OCH3 is 2. The van der Waals surface area contributed by atoms with E-state index < -0.39 is 0 Å². The van der Waals surface area contributed by atoms with Crippen LogP contribution in [-0.2, 0) is 6.42 Å². The Labute approximate surface area is 110 Å². The molecule has 1 rings (SSSR count). The molecule has 1 unspecified atom stereocenters. The van der Waals surface area contributed by atoms with Crippen molar-refractivity contribution in [2.45, 2.75) is 38.6 Å². The quantitative estimate of drug-likeness (QED) is 0.770. The number of benzene rings is 1. The van der Waals surface area contributed by atoms with Crippen molar-refractivity contribution in [3.63, 3.8) is 0 Å². The standard InChI is InChI=1S/C15H25NO2/c1-5-6-13(16-2)9-7-12-8-10-14(17-3)15(11-12)18-4/h8,10-11,13,16H,5-7,9H2,1-4H3. The van der Waals surface area contributed by atoms with E-state index in [4.69, 9.17) is 9.47 Å². The van der Waals surface area contributed by atoms with E-state index in [9.17, 15) is 0 Å². The molecule has 0 aliphatic rings. The normalized spacial score (nSPS) is 12.2. The average molecular weight is 251 g/mol. The van der Waals surface area contributed by atoms with Crippen molar-refractivity contribution in [2.24, 2.45) is 0 Å². The highest BCUT2D eigenvalue weighted by atomic mass is 16.5. The van der Waals surface area contributed by atoms with Gasteiger partial charge in [0.25, 0.3) is 0 Å². The van der Waals surface area contributed by atoms with Gasteiger partial charge in [0.15, 0.2) is 11.5 Å². The predicted molar refractivity (Wildman–Crippen MR) is 75.6 cm³/mol. The van der Waals surface area contributed by atoms with Crippen molar-refractivity contribution in [3.05, 3.63) is 23.8 Å². The van der Waals surface area contributed by atoms with Crippen LogP contribution in [0.4, 0.5) is 0 Å². The van der Waals surface area contributed by atoms with Crippen molar-refractivity contribution >= 4 is 0 Å². The second-order valence-electron chi connectivity index (χ2n) is 4.50. The number of hydrogen-bond acceptors (Lipinski definition) is 3. The molecule has 0 fully saturated rings. The summed E-state index contributed by atoms with van der Waals surface area (Å²) in [6.07, 6.45) is 4.66. The summed E-state index contributed by atoms with van der Waals surface area (Å²) in [6.45, 7) is 2.22. The van der Waals surface area contributed by atoms with Gasteiger partial charge in [-0.2, -0.15) is 0 Å². The van der Waals surface area contributed by atoms with Crippen LogP contribution in [0.5, 0.6) is 11.5 Å². The molecule has 0 aliphatic heterocycles. The van der Waals surface area contributed by atoms with Crippen LogP contribution in [0.3, 0.4) is 0 Å². The van der Waals surface area contributed by atoms with Gasteiger partial charge in [0.2, 0.25) is 0 Å². The molecular formula is C15H25NO2. The fourth-order valence-corrected chi connectivity index (χ4v) is 2.16. The van der Waals surface area contributed by atoms with E-state index in [2.05, 4.69) is 24.4 Å². The summed E-state index contributed by atoms with van der Waals surface area (Å²) < 4.78 is 10.6. The molecular weight excluding hydrogens is 226 g/mol. The van der Waals surface area contributed by atoms with E-state index >= 15 is 0 Å². The summed E-state index contributed by atoms with van der Waals surface area (Å²) in [7, 11) is 5.37. The van der Waals surface area contributed by atoms with Crippen molar-refractivity contribution in [1.82, 2.24) is 5.32 Å². The molecule has 1 aromatic rings. The summed E-state index contributed by atoms with van der Waals surface area (Å²) in [5.74, 6) is 1.60. The lowest BCUT2D eigenvalue weighted by Gasteiger charge is -2.15. The molecule has 0 bridgehead atoms. The maximum atomic E-state index is 5.32. The first-order valence-corrected chi connectivity index (χ1v) is 6.63. The molecule has 3 heteroatoms. The fourth-order valence-electron chi connectivity index (χ4n) is 2.16. The minimum absolute atomic E-state index is 0.600. The molecule has 18 heavy (non-hydrogen) atoms. The molecule has 0 aliphatic carbocycles. The average Bonchev–Trinajstić information content (AvgIpc) is 2.42. The predicted octanol–water partition coefficient (Wildman–Crippen LogP) is 3.02. The molecule has 102 valence electrons. The van der Waals surface area contributed by atoms with E-state index in [1.807, 2.05) is 13.1 Å². The lowest BCUT2D eigenvalue weighted by molar-refractivity contribution is 0.354. The maximum absolute atomic E-state index is 5.32. The zero-order valence-electron chi connectivity index (χ0n) is 12.0. The van der Waals surface area contributed by atoms with Gasteiger partial charge in [-0.3, -0.25) is 0 Å². The van der Waals surface area contributed by atoms with Crippen LogP contribution in [0, 0.1) is 0 Å². The third kappa shape index (κ3) is 4.22. The Kier molecular flexibility index (Phi) is 6.58. The van der Waals surface area contributed by atoms with Gasteiger partial charge in [-0.1, -0.05) is 19.4 Å². The van der Waals surface area contributed by atoms with Gasteiger partial charge in [-0.25, -0.2) is 0 Å². The third-order valence-electron chi connectivity index (χ3n) is 3.27. The van der Waals surface area contributed by atoms with E-state index in [-0.39, 0.29) is 0 Å². The maximum Gasteiger partial charge on any atom is 0.160 e. The second-order valence-corrected chi connectivity index (χ2v) is 4.50. The first-order valence-electron chi connectivity index (χ1n) is 6.63. The van der Waals surface area contributed by atoms with Crippen LogP contribution in [0.1, 0.15) is 31.7 Å². The van der Waals surface area contributed by atoms with E-state index in [0.717, 1.165) is 24.3 Å². The molecule has 1 atom stereocenters. The zero-order valence-corrected chi connectivity index (χ0v) is 12.0. The Morgan fingerprint density at radius 3 is 2.39 bits per heavy atom. The summed E-state index contributed by atoms with van der Waals surface area (Å²) in [6, 6.07) is 6.75. The lowest BCUT2D eigenvalue weighted by Crippen LogP contribution is -2.25. The van der Waals surface area contributed by atoms with Crippen molar-refractivity contribution in [3.8, 4) is 11.5 Å². The lowest BCUT2D eigenvalue weighted by atomic mass is 10.0. The molecule has 1 aromatic carbocycles. The Morgan fingerprint density at radius 2 is 1.83 bits per heavy atom. The Morgan fingerprint density at radius 1 is 1.11 bits per heavy atom. The van der Waals surface area contributed by atoms with Crippen molar-refractivity contribution in [2.75, 3.05) is 21.3 Å². The van der Waals surface area contributed by atoms with Crippen LogP contribution < -0.4 is 14.8 Å². The first-order chi connectivity index (χ1) is 8.74. The van der Waals surface area contributed by atoms with Gasteiger partial charge in [0.05, 0.1) is 14.2 Å². The Hall–Kier alpha value is -1.22. The number of ether oxygens (including phenoxy) is 2. The monoisotopic (exact) mass is 251 g/mol. The van der Waals surface area contributed by atoms with Crippen molar-refractivity contribution in [1.29, 1.82) is 0 Å². The van der Waals surface area contributed by atoms with E-state index in [0.29, 0.717) is 6.04 Å². The molecule has 0 saturated heterocycles. The van der Waals surface area contributed by atoms with Crippen LogP contribution in [0.15, 0.2) is 18.2 Å². The van der Waals surface area contributed by atoms with Crippen LogP contribution in [0.2, 0.25) is 0 Å². The minimum Gasteiger partial charge on any atom is -0.493 e. The van der Waals surface area contributed by atoms with Crippen LogP contribution in [0.25, 0.3) is 0 Å². The SMILES string of the molecule is CCCC(CCc1ccc(OC)c(OC)c1)NC. The zero-order chi connectivity index (χ0) is 13.4. The summed E-state index contributed by atoms with van der Waals surface area (Å²) in [5, 5.41) is 3.37. The highest BCUT2D eigenvalue weighted by Gasteiger charge is 2.08. The molecule has 0 amide bonds. The summed E-state index contributed by atoms with van der Waals surface area (Å²) >= 11 is 0. The third-order valence-corrected chi connectivity index (χ3v) is 3.27. The first kappa shape index (κ1) is 14.8. The van der Waals surface area contributed by atoms with Crippen LogP contribution >= 0.6 is 0 Å². The fraction of sp³-hybridized carbons (Fsp3) is 0.600. The second kappa shape index (κ2) is 7.98. The minimum atomic E-state index is 0.600.